The van der Waals surface area contributed by atoms with E-state index in [2.05, 4.69) is 92.6 Å². The zero-order valence-electron chi connectivity index (χ0n) is 16.1. The Bertz CT molecular complexity index is 1060. The highest BCUT2D eigenvalue weighted by atomic mass is 15.4. The summed E-state index contributed by atoms with van der Waals surface area (Å²) in [6.45, 7) is 3.02. The van der Waals surface area contributed by atoms with Gasteiger partial charge in [0.1, 0.15) is 5.82 Å². The number of likely N-dealkylation sites (N-methyl/N-ethyl adjacent to an activating group) is 1. The summed E-state index contributed by atoms with van der Waals surface area (Å²) in [4.78, 5) is 7.06. The van der Waals surface area contributed by atoms with Crippen molar-refractivity contribution in [2.24, 2.45) is 0 Å². The summed E-state index contributed by atoms with van der Waals surface area (Å²) in [5.41, 5.74) is 3.36. The lowest BCUT2D eigenvalue weighted by atomic mass is 10.1. The molecule has 0 atom stereocenters. The van der Waals surface area contributed by atoms with Crippen LogP contribution in [-0.2, 0) is 6.42 Å². The summed E-state index contributed by atoms with van der Waals surface area (Å²) in [6.07, 6.45) is 0.842. The highest BCUT2D eigenvalue weighted by Gasteiger charge is 2.15. The summed E-state index contributed by atoms with van der Waals surface area (Å²) in [7, 11) is 4.17. The highest BCUT2D eigenvalue weighted by Crippen LogP contribution is 2.25. The van der Waals surface area contributed by atoms with Crippen LogP contribution in [0.15, 0.2) is 66.7 Å². The smallest absolute Gasteiger partial charge is 0.181 e. The van der Waals surface area contributed by atoms with Gasteiger partial charge in [0.05, 0.1) is 5.69 Å². The number of fused-ring (bicyclic) bond motifs is 1. The van der Waals surface area contributed by atoms with Gasteiger partial charge in [-0.25, -0.2) is 9.67 Å². The molecule has 4 heteroatoms. The molecule has 0 aliphatic heterocycles. The third kappa shape index (κ3) is 3.62. The van der Waals surface area contributed by atoms with Crippen molar-refractivity contribution < 1.29 is 0 Å². The first-order chi connectivity index (χ1) is 13.1. The number of aryl methyl sites for hydroxylation is 1. The van der Waals surface area contributed by atoms with Crippen LogP contribution in [0.25, 0.3) is 27.8 Å². The molecule has 1 heterocycles. The second-order valence-electron chi connectivity index (χ2n) is 7.18. The third-order valence-corrected chi connectivity index (χ3v) is 4.76. The maximum Gasteiger partial charge on any atom is 0.181 e. The van der Waals surface area contributed by atoms with Crippen molar-refractivity contribution in [2.45, 2.75) is 13.3 Å². The van der Waals surface area contributed by atoms with Gasteiger partial charge in [0.25, 0.3) is 0 Å². The van der Waals surface area contributed by atoms with E-state index in [1.54, 1.807) is 0 Å². The van der Waals surface area contributed by atoms with Crippen LogP contribution in [0, 0.1) is 6.92 Å². The molecule has 0 aliphatic rings. The monoisotopic (exact) mass is 356 g/mol. The van der Waals surface area contributed by atoms with Crippen LogP contribution in [-0.4, -0.2) is 40.3 Å². The lowest BCUT2D eigenvalue weighted by molar-refractivity contribution is 0.408. The zero-order valence-corrected chi connectivity index (χ0v) is 16.1. The van der Waals surface area contributed by atoms with E-state index in [0.717, 1.165) is 35.9 Å². The first-order valence-corrected chi connectivity index (χ1v) is 9.27. The Morgan fingerprint density at radius 2 is 1.63 bits per heavy atom. The van der Waals surface area contributed by atoms with Crippen LogP contribution < -0.4 is 0 Å². The van der Waals surface area contributed by atoms with E-state index in [-0.39, 0.29) is 0 Å². The topological polar surface area (TPSA) is 34.0 Å². The van der Waals surface area contributed by atoms with E-state index in [1.807, 2.05) is 4.68 Å². The van der Waals surface area contributed by atoms with Gasteiger partial charge in [0.15, 0.2) is 5.82 Å². The SMILES string of the molecule is Cc1ccc(-c2nc(CCN(C)C)n(-c3cccc4ccccc34)n2)cc1. The van der Waals surface area contributed by atoms with Gasteiger partial charge >= 0.3 is 0 Å². The molecule has 0 saturated heterocycles. The van der Waals surface area contributed by atoms with E-state index in [0.29, 0.717) is 0 Å². The number of hydrogen-bond acceptors (Lipinski definition) is 3. The molecule has 3 aromatic carbocycles. The fourth-order valence-corrected chi connectivity index (χ4v) is 3.24. The Labute approximate surface area is 160 Å². The van der Waals surface area contributed by atoms with Crippen molar-refractivity contribution in [3.63, 3.8) is 0 Å². The van der Waals surface area contributed by atoms with Crippen LogP contribution in [0.4, 0.5) is 0 Å². The average molecular weight is 356 g/mol. The van der Waals surface area contributed by atoms with Gasteiger partial charge in [-0.2, -0.15) is 0 Å². The van der Waals surface area contributed by atoms with Crippen LogP contribution in [0.5, 0.6) is 0 Å². The summed E-state index contributed by atoms with van der Waals surface area (Å²) >= 11 is 0. The van der Waals surface area contributed by atoms with E-state index >= 15 is 0 Å². The maximum atomic E-state index is 4.90. The molecule has 0 saturated carbocycles. The van der Waals surface area contributed by atoms with Gasteiger partial charge in [-0.15, -0.1) is 5.10 Å². The molecule has 136 valence electrons. The minimum atomic E-state index is 0.775. The second-order valence-corrected chi connectivity index (χ2v) is 7.18. The van der Waals surface area contributed by atoms with Crippen molar-refractivity contribution in [1.29, 1.82) is 0 Å². The van der Waals surface area contributed by atoms with Gasteiger partial charge in [-0.3, -0.25) is 0 Å². The van der Waals surface area contributed by atoms with Crippen molar-refractivity contribution in [2.75, 3.05) is 20.6 Å². The molecule has 4 nitrogen and oxygen atoms in total. The number of hydrogen-bond donors (Lipinski definition) is 0. The average Bonchev–Trinajstić information content (AvgIpc) is 3.10. The molecule has 0 bridgehead atoms. The van der Waals surface area contributed by atoms with Crippen molar-refractivity contribution in [3.8, 4) is 17.1 Å². The number of aromatic nitrogens is 3. The van der Waals surface area contributed by atoms with E-state index in [1.165, 1.54) is 16.3 Å². The normalized spacial score (nSPS) is 11.4. The summed E-state index contributed by atoms with van der Waals surface area (Å²) < 4.78 is 2.01. The third-order valence-electron chi connectivity index (χ3n) is 4.76. The number of benzene rings is 3. The lowest BCUT2D eigenvalue weighted by Crippen LogP contribution is -2.17. The molecular weight excluding hydrogens is 332 g/mol. The number of rotatable bonds is 5. The maximum absolute atomic E-state index is 4.90. The van der Waals surface area contributed by atoms with Crippen molar-refractivity contribution >= 4 is 10.8 Å². The second kappa shape index (κ2) is 7.33. The van der Waals surface area contributed by atoms with Gasteiger partial charge < -0.3 is 4.90 Å². The minimum absolute atomic E-state index is 0.775. The first kappa shape index (κ1) is 17.4. The highest BCUT2D eigenvalue weighted by molar-refractivity contribution is 5.90. The van der Waals surface area contributed by atoms with Crippen LogP contribution in [0.3, 0.4) is 0 Å². The molecule has 4 aromatic rings. The number of nitrogens with zero attached hydrogens (tertiary/aromatic N) is 4. The largest absolute Gasteiger partial charge is 0.309 e. The molecule has 4 rings (SSSR count). The fourth-order valence-electron chi connectivity index (χ4n) is 3.24. The quantitative estimate of drug-likeness (QED) is 0.528. The Morgan fingerprint density at radius 1 is 0.889 bits per heavy atom. The van der Waals surface area contributed by atoms with Gasteiger partial charge in [0.2, 0.25) is 0 Å². The standard InChI is InChI=1S/C23H24N4/c1-17-11-13-19(14-12-17)23-24-22(15-16-26(2)3)27(25-23)21-10-6-8-18-7-4-5-9-20(18)21/h4-14H,15-16H2,1-3H3. The first-order valence-electron chi connectivity index (χ1n) is 9.27. The van der Waals surface area contributed by atoms with Gasteiger partial charge in [-0.05, 0) is 32.5 Å². The molecule has 0 unspecified atom stereocenters. The molecule has 0 radical (unpaired) electrons. The minimum Gasteiger partial charge on any atom is -0.309 e. The summed E-state index contributed by atoms with van der Waals surface area (Å²) in [5, 5.41) is 7.29. The predicted octanol–water partition coefficient (Wildman–Crippen LogP) is 4.50. The Balaban J connectivity index is 1.85. The summed E-state index contributed by atoms with van der Waals surface area (Å²) in [6, 6.07) is 23.2. The van der Waals surface area contributed by atoms with Gasteiger partial charge in [0, 0.05) is 23.9 Å². The molecule has 1 aromatic heterocycles. The van der Waals surface area contributed by atoms with Crippen LogP contribution >= 0.6 is 0 Å². The molecule has 27 heavy (non-hydrogen) atoms. The Kier molecular flexibility index (Phi) is 4.73. The molecule has 0 spiro atoms. The van der Waals surface area contributed by atoms with Gasteiger partial charge in [-0.1, -0.05) is 66.2 Å². The van der Waals surface area contributed by atoms with E-state index in [4.69, 9.17) is 10.1 Å². The molecular formula is C23H24N4. The molecule has 0 N–H and O–H groups in total. The summed E-state index contributed by atoms with van der Waals surface area (Å²) in [5.74, 6) is 1.76. The van der Waals surface area contributed by atoms with E-state index in [9.17, 15) is 0 Å². The Hall–Kier alpha value is -2.98. The van der Waals surface area contributed by atoms with Crippen LogP contribution in [0.2, 0.25) is 0 Å². The molecule has 0 amide bonds. The van der Waals surface area contributed by atoms with E-state index < -0.39 is 0 Å². The molecule has 0 aliphatic carbocycles. The molecule has 0 fully saturated rings. The van der Waals surface area contributed by atoms with Crippen molar-refractivity contribution in [3.05, 3.63) is 78.1 Å². The fraction of sp³-hybridized carbons (Fsp3) is 0.217. The van der Waals surface area contributed by atoms with Crippen molar-refractivity contribution in [1.82, 2.24) is 19.7 Å². The lowest BCUT2D eigenvalue weighted by Gasteiger charge is -2.11. The predicted molar refractivity (Wildman–Crippen MR) is 111 cm³/mol. The zero-order chi connectivity index (χ0) is 18.8. The van der Waals surface area contributed by atoms with Crippen LogP contribution in [0.1, 0.15) is 11.4 Å². The Morgan fingerprint density at radius 3 is 2.41 bits per heavy atom.